The highest BCUT2D eigenvalue weighted by molar-refractivity contribution is 6.21. The van der Waals surface area contributed by atoms with Crippen molar-refractivity contribution >= 4 is 34.2 Å². The van der Waals surface area contributed by atoms with Gasteiger partial charge in [-0.1, -0.05) is 18.2 Å². The van der Waals surface area contributed by atoms with Crippen LogP contribution in [0.5, 0.6) is 0 Å². The molecule has 0 saturated carbocycles. The SMILES string of the molecule is CC(=O)c1ccc(N2C(=O)C[C@@H]([NH2+]CCc3c[nH]c4ccccc34)C2=O)cc1. The summed E-state index contributed by atoms with van der Waals surface area (Å²) in [6.45, 7) is 2.21. The number of carbonyl (C=O) groups is 3. The summed E-state index contributed by atoms with van der Waals surface area (Å²) in [5.41, 5.74) is 3.39. The number of benzene rings is 2. The van der Waals surface area contributed by atoms with Crippen molar-refractivity contribution in [3.63, 3.8) is 0 Å². The number of fused-ring (bicyclic) bond motifs is 1. The molecule has 2 heterocycles. The molecular formula is C22H22N3O3+. The van der Waals surface area contributed by atoms with Crippen molar-refractivity contribution in [2.45, 2.75) is 25.8 Å². The monoisotopic (exact) mass is 376 g/mol. The van der Waals surface area contributed by atoms with Gasteiger partial charge in [-0.15, -0.1) is 0 Å². The number of hydrogen-bond donors (Lipinski definition) is 2. The Labute approximate surface area is 162 Å². The molecule has 1 saturated heterocycles. The third kappa shape index (κ3) is 3.34. The number of ketones is 1. The Kier molecular flexibility index (Phi) is 4.79. The minimum Gasteiger partial charge on any atom is -0.361 e. The van der Waals surface area contributed by atoms with E-state index in [9.17, 15) is 14.4 Å². The Hall–Kier alpha value is -3.25. The minimum absolute atomic E-state index is 0.0471. The summed E-state index contributed by atoms with van der Waals surface area (Å²) in [5.74, 6) is -0.442. The Morgan fingerprint density at radius 3 is 2.64 bits per heavy atom. The van der Waals surface area contributed by atoms with Crippen molar-refractivity contribution in [1.29, 1.82) is 0 Å². The van der Waals surface area contributed by atoms with E-state index in [1.165, 1.54) is 22.8 Å². The summed E-state index contributed by atoms with van der Waals surface area (Å²) in [5, 5.41) is 3.14. The number of H-pyrrole nitrogens is 1. The van der Waals surface area contributed by atoms with Gasteiger partial charge in [0.2, 0.25) is 5.91 Å². The van der Waals surface area contributed by atoms with Crippen LogP contribution in [0, 0.1) is 0 Å². The van der Waals surface area contributed by atoms with Crippen LogP contribution in [0.25, 0.3) is 10.9 Å². The highest BCUT2D eigenvalue weighted by atomic mass is 16.2. The van der Waals surface area contributed by atoms with E-state index in [1.807, 2.05) is 29.7 Å². The molecule has 0 spiro atoms. The fraction of sp³-hybridized carbons (Fsp3) is 0.227. The van der Waals surface area contributed by atoms with E-state index < -0.39 is 6.04 Å². The lowest BCUT2D eigenvalue weighted by Gasteiger charge is -2.14. The molecule has 6 nitrogen and oxygen atoms in total. The summed E-state index contributed by atoms with van der Waals surface area (Å²) in [7, 11) is 0. The molecule has 3 aromatic rings. The van der Waals surface area contributed by atoms with E-state index in [0.29, 0.717) is 11.3 Å². The van der Waals surface area contributed by atoms with Crippen LogP contribution >= 0.6 is 0 Å². The zero-order valence-corrected chi connectivity index (χ0v) is 15.6. The van der Waals surface area contributed by atoms with Gasteiger partial charge in [-0.25, -0.2) is 4.90 Å². The van der Waals surface area contributed by atoms with Crippen molar-refractivity contribution in [3.8, 4) is 0 Å². The maximum atomic E-state index is 12.7. The Morgan fingerprint density at radius 2 is 1.89 bits per heavy atom. The summed E-state index contributed by atoms with van der Waals surface area (Å²) in [4.78, 5) is 41.0. The van der Waals surface area contributed by atoms with Crippen LogP contribution in [0.4, 0.5) is 5.69 Å². The number of rotatable bonds is 6. The predicted molar refractivity (Wildman–Crippen MR) is 106 cm³/mol. The van der Waals surface area contributed by atoms with Gasteiger partial charge in [0.05, 0.1) is 18.7 Å². The lowest BCUT2D eigenvalue weighted by atomic mass is 10.1. The molecule has 0 aliphatic carbocycles. The Balaban J connectivity index is 1.40. The first-order chi connectivity index (χ1) is 13.5. The fourth-order valence-corrected chi connectivity index (χ4v) is 3.73. The van der Waals surface area contributed by atoms with Gasteiger partial charge in [0.15, 0.2) is 11.8 Å². The molecule has 1 fully saturated rings. The quantitative estimate of drug-likeness (QED) is 0.508. The minimum atomic E-state index is -0.398. The molecule has 0 bridgehead atoms. The smallest absolute Gasteiger partial charge is 0.292 e. The van der Waals surface area contributed by atoms with E-state index in [0.717, 1.165) is 18.5 Å². The number of anilines is 1. The maximum absolute atomic E-state index is 12.7. The van der Waals surface area contributed by atoms with Crippen LogP contribution in [0.1, 0.15) is 29.3 Å². The van der Waals surface area contributed by atoms with E-state index in [1.54, 1.807) is 24.3 Å². The summed E-state index contributed by atoms with van der Waals surface area (Å²) in [6, 6.07) is 14.3. The molecule has 1 aliphatic rings. The van der Waals surface area contributed by atoms with Gasteiger partial charge in [-0.3, -0.25) is 14.4 Å². The van der Waals surface area contributed by atoms with Gasteiger partial charge in [0.25, 0.3) is 5.91 Å². The summed E-state index contributed by atoms with van der Waals surface area (Å²) in [6.07, 6.45) is 3.01. The van der Waals surface area contributed by atoms with Gasteiger partial charge in [0, 0.05) is 29.1 Å². The normalized spacial score (nSPS) is 16.9. The largest absolute Gasteiger partial charge is 0.361 e. The van der Waals surface area contributed by atoms with Crippen molar-refractivity contribution < 1.29 is 19.7 Å². The molecule has 142 valence electrons. The van der Waals surface area contributed by atoms with Gasteiger partial charge < -0.3 is 10.3 Å². The third-order valence-corrected chi connectivity index (χ3v) is 5.25. The van der Waals surface area contributed by atoms with Crippen LogP contribution in [0.3, 0.4) is 0 Å². The topological polar surface area (TPSA) is 86.8 Å². The number of hydrogen-bond acceptors (Lipinski definition) is 3. The second-order valence-electron chi connectivity index (χ2n) is 7.11. The van der Waals surface area contributed by atoms with E-state index in [4.69, 9.17) is 0 Å². The number of nitrogens with one attached hydrogen (secondary N) is 1. The van der Waals surface area contributed by atoms with Crippen LogP contribution in [-0.2, 0) is 16.0 Å². The van der Waals surface area contributed by atoms with Gasteiger partial charge >= 0.3 is 0 Å². The summed E-state index contributed by atoms with van der Waals surface area (Å²) < 4.78 is 0. The predicted octanol–water partition coefficient (Wildman–Crippen LogP) is 1.81. The number of carbonyl (C=O) groups excluding carboxylic acids is 3. The number of imide groups is 1. The molecule has 1 aliphatic heterocycles. The third-order valence-electron chi connectivity index (χ3n) is 5.25. The number of amides is 2. The number of aromatic amines is 1. The molecule has 1 atom stereocenters. The van der Waals surface area contributed by atoms with Crippen LogP contribution < -0.4 is 10.2 Å². The van der Waals surface area contributed by atoms with Gasteiger partial charge in [0.1, 0.15) is 0 Å². The van der Waals surface area contributed by atoms with E-state index in [-0.39, 0.29) is 24.0 Å². The molecule has 1 aromatic heterocycles. The number of quaternary nitrogens is 1. The average molecular weight is 376 g/mol. The highest BCUT2D eigenvalue weighted by Gasteiger charge is 2.42. The number of para-hydroxylation sites is 1. The molecule has 4 rings (SSSR count). The molecular weight excluding hydrogens is 354 g/mol. The Morgan fingerprint density at radius 1 is 1.14 bits per heavy atom. The molecule has 3 N–H and O–H groups in total. The first-order valence-corrected chi connectivity index (χ1v) is 9.40. The fourth-order valence-electron chi connectivity index (χ4n) is 3.73. The first kappa shape index (κ1) is 18.1. The maximum Gasteiger partial charge on any atom is 0.292 e. The lowest BCUT2D eigenvalue weighted by molar-refractivity contribution is -0.674. The second kappa shape index (κ2) is 7.40. The number of nitrogens with zero attached hydrogens (tertiary/aromatic N) is 1. The van der Waals surface area contributed by atoms with Crippen molar-refractivity contribution in [2.24, 2.45) is 0 Å². The highest BCUT2D eigenvalue weighted by Crippen LogP contribution is 2.22. The van der Waals surface area contributed by atoms with Crippen LogP contribution in [0.2, 0.25) is 0 Å². The number of nitrogens with two attached hydrogens (primary N) is 1. The standard InChI is InChI=1S/C22H21N3O3/c1-14(26)15-6-8-17(9-7-15)25-21(27)12-20(22(25)28)23-11-10-16-13-24-19-5-3-2-4-18(16)19/h2-9,13,20,23-24H,10-12H2,1H3/p+1/t20-/m1/s1. The molecule has 0 radical (unpaired) electrons. The van der Waals surface area contributed by atoms with Crippen LogP contribution in [-0.4, -0.2) is 35.2 Å². The summed E-state index contributed by atoms with van der Waals surface area (Å²) >= 11 is 0. The van der Waals surface area contributed by atoms with Gasteiger partial charge in [-0.2, -0.15) is 0 Å². The number of Topliss-reactive ketones (excluding diaryl/α,β-unsaturated/α-hetero) is 1. The average Bonchev–Trinajstić information content (AvgIpc) is 3.23. The van der Waals surface area contributed by atoms with Crippen molar-refractivity contribution in [2.75, 3.05) is 11.4 Å². The molecule has 2 aromatic carbocycles. The van der Waals surface area contributed by atoms with E-state index >= 15 is 0 Å². The van der Waals surface area contributed by atoms with Crippen molar-refractivity contribution in [3.05, 3.63) is 65.9 Å². The molecule has 6 heteroatoms. The molecule has 0 unspecified atom stereocenters. The van der Waals surface area contributed by atoms with Crippen LogP contribution in [0.15, 0.2) is 54.7 Å². The second-order valence-corrected chi connectivity index (χ2v) is 7.11. The van der Waals surface area contributed by atoms with Crippen molar-refractivity contribution in [1.82, 2.24) is 4.98 Å². The van der Waals surface area contributed by atoms with E-state index in [2.05, 4.69) is 11.1 Å². The Bertz CT molecular complexity index is 1050. The lowest BCUT2D eigenvalue weighted by Crippen LogP contribution is -2.92. The zero-order chi connectivity index (χ0) is 19.7. The first-order valence-electron chi connectivity index (χ1n) is 9.40. The molecule has 2 amide bonds. The zero-order valence-electron chi connectivity index (χ0n) is 15.6. The van der Waals surface area contributed by atoms with Gasteiger partial charge in [-0.05, 0) is 42.8 Å². The molecule has 28 heavy (non-hydrogen) atoms. The number of aromatic nitrogens is 1.